The van der Waals surface area contributed by atoms with Crippen LogP contribution in [-0.2, 0) is 0 Å². The zero-order valence-corrected chi connectivity index (χ0v) is 10.3. The number of aldehydes is 1. The number of hydrogen-bond donors (Lipinski definition) is 0. The lowest BCUT2D eigenvalue weighted by atomic mass is 10.1. The first-order valence-electron chi connectivity index (χ1n) is 5.20. The molecule has 0 saturated carbocycles. The summed E-state index contributed by atoms with van der Waals surface area (Å²) < 4.78 is 0.959. The third-order valence-corrected chi connectivity index (χ3v) is 3.37. The van der Waals surface area contributed by atoms with Gasteiger partial charge in [-0.05, 0) is 30.5 Å². The minimum Gasteiger partial charge on any atom is -0.371 e. The topological polar surface area (TPSA) is 20.3 Å². The highest BCUT2D eigenvalue weighted by atomic mass is 79.9. The Labute approximate surface area is 98.4 Å². The average Bonchev–Trinajstić information content (AvgIpc) is 2.64. The summed E-state index contributed by atoms with van der Waals surface area (Å²) >= 11 is 3.38. The molecule has 1 aromatic carbocycles. The maximum atomic E-state index is 11.0. The Hall–Kier alpha value is -0.830. The number of nitrogens with zero attached hydrogens (tertiary/aromatic N) is 1. The number of rotatable bonds is 2. The van der Waals surface area contributed by atoms with Crippen molar-refractivity contribution in [2.24, 2.45) is 5.92 Å². The SMILES string of the molecule is CC1CCN(c2ccc(Br)cc2C=O)C1. The zero-order chi connectivity index (χ0) is 10.8. The Morgan fingerprint density at radius 2 is 2.33 bits per heavy atom. The van der Waals surface area contributed by atoms with E-state index in [1.165, 1.54) is 6.42 Å². The molecule has 0 N–H and O–H groups in total. The number of carbonyl (C=O) groups excluding carboxylic acids is 1. The van der Waals surface area contributed by atoms with Gasteiger partial charge in [0, 0.05) is 28.8 Å². The van der Waals surface area contributed by atoms with E-state index in [0.717, 1.165) is 41.0 Å². The molecule has 0 aromatic heterocycles. The molecule has 0 spiro atoms. The highest BCUT2D eigenvalue weighted by Gasteiger charge is 2.20. The van der Waals surface area contributed by atoms with Gasteiger partial charge in [0.05, 0.1) is 0 Å². The van der Waals surface area contributed by atoms with Gasteiger partial charge in [-0.2, -0.15) is 0 Å². The molecule has 3 heteroatoms. The van der Waals surface area contributed by atoms with Gasteiger partial charge in [0.1, 0.15) is 0 Å². The van der Waals surface area contributed by atoms with Crippen LogP contribution in [0.1, 0.15) is 23.7 Å². The first kappa shape index (κ1) is 10.7. The van der Waals surface area contributed by atoms with E-state index in [9.17, 15) is 4.79 Å². The summed E-state index contributed by atoms with van der Waals surface area (Å²) in [5.41, 5.74) is 1.84. The van der Waals surface area contributed by atoms with E-state index in [2.05, 4.69) is 27.8 Å². The number of halogens is 1. The van der Waals surface area contributed by atoms with Crippen molar-refractivity contribution in [3.63, 3.8) is 0 Å². The van der Waals surface area contributed by atoms with E-state index < -0.39 is 0 Å². The van der Waals surface area contributed by atoms with Crippen LogP contribution in [0.3, 0.4) is 0 Å². The molecule has 1 heterocycles. The maximum absolute atomic E-state index is 11.0. The van der Waals surface area contributed by atoms with Crippen LogP contribution in [0.2, 0.25) is 0 Å². The molecule has 15 heavy (non-hydrogen) atoms. The molecule has 0 aliphatic carbocycles. The van der Waals surface area contributed by atoms with E-state index in [-0.39, 0.29) is 0 Å². The van der Waals surface area contributed by atoms with Crippen molar-refractivity contribution in [1.82, 2.24) is 0 Å². The quantitative estimate of drug-likeness (QED) is 0.768. The van der Waals surface area contributed by atoms with Crippen molar-refractivity contribution in [2.75, 3.05) is 18.0 Å². The number of anilines is 1. The van der Waals surface area contributed by atoms with Gasteiger partial charge in [-0.3, -0.25) is 4.79 Å². The van der Waals surface area contributed by atoms with Crippen LogP contribution in [0.5, 0.6) is 0 Å². The molecule has 1 fully saturated rings. The fourth-order valence-electron chi connectivity index (χ4n) is 2.06. The second-order valence-corrected chi connectivity index (χ2v) is 5.08. The Morgan fingerprint density at radius 1 is 1.53 bits per heavy atom. The van der Waals surface area contributed by atoms with Gasteiger partial charge in [0.15, 0.2) is 6.29 Å². The first-order chi connectivity index (χ1) is 7.20. The van der Waals surface area contributed by atoms with Crippen molar-refractivity contribution < 1.29 is 4.79 Å². The van der Waals surface area contributed by atoms with Crippen molar-refractivity contribution in [2.45, 2.75) is 13.3 Å². The average molecular weight is 268 g/mol. The first-order valence-corrected chi connectivity index (χ1v) is 5.99. The molecule has 1 saturated heterocycles. The molecule has 0 amide bonds. The third kappa shape index (κ3) is 2.23. The summed E-state index contributed by atoms with van der Waals surface area (Å²) in [6, 6.07) is 5.89. The molecule has 1 unspecified atom stereocenters. The predicted octanol–water partition coefficient (Wildman–Crippen LogP) is 3.11. The highest BCUT2D eigenvalue weighted by Crippen LogP contribution is 2.28. The van der Waals surface area contributed by atoms with Crippen LogP contribution in [0.15, 0.2) is 22.7 Å². The van der Waals surface area contributed by atoms with E-state index in [1.807, 2.05) is 18.2 Å². The minimum atomic E-state index is 0.730. The molecular formula is C12H14BrNO. The van der Waals surface area contributed by atoms with Crippen LogP contribution < -0.4 is 4.90 Å². The molecule has 80 valence electrons. The molecule has 1 aromatic rings. The maximum Gasteiger partial charge on any atom is 0.152 e. The van der Waals surface area contributed by atoms with Crippen LogP contribution in [0.4, 0.5) is 5.69 Å². The van der Waals surface area contributed by atoms with Gasteiger partial charge in [0.2, 0.25) is 0 Å². The second-order valence-electron chi connectivity index (χ2n) is 4.16. The Kier molecular flexibility index (Phi) is 3.10. The number of benzene rings is 1. The highest BCUT2D eigenvalue weighted by molar-refractivity contribution is 9.10. The zero-order valence-electron chi connectivity index (χ0n) is 8.74. The minimum absolute atomic E-state index is 0.730. The van der Waals surface area contributed by atoms with Gasteiger partial charge >= 0.3 is 0 Å². The lowest BCUT2D eigenvalue weighted by molar-refractivity contribution is 0.112. The fourth-order valence-corrected chi connectivity index (χ4v) is 2.44. The van der Waals surface area contributed by atoms with Crippen LogP contribution in [-0.4, -0.2) is 19.4 Å². The van der Waals surface area contributed by atoms with Crippen LogP contribution in [0, 0.1) is 5.92 Å². The monoisotopic (exact) mass is 267 g/mol. The van der Waals surface area contributed by atoms with Crippen molar-refractivity contribution in [3.8, 4) is 0 Å². The Morgan fingerprint density at radius 3 is 2.93 bits per heavy atom. The van der Waals surface area contributed by atoms with Gasteiger partial charge in [-0.25, -0.2) is 0 Å². The molecule has 0 bridgehead atoms. The summed E-state index contributed by atoms with van der Waals surface area (Å²) in [7, 11) is 0. The molecule has 2 rings (SSSR count). The normalized spacial score (nSPS) is 20.7. The summed E-state index contributed by atoms with van der Waals surface area (Å²) in [5, 5.41) is 0. The van der Waals surface area contributed by atoms with Crippen molar-refractivity contribution in [1.29, 1.82) is 0 Å². The van der Waals surface area contributed by atoms with Gasteiger partial charge < -0.3 is 4.90 Å². The lowest BCUT2D eigenvalue weighted by Gasteiger charge is -2.20. The molecule has 1 aliphatic heterocycles. The van der Waals surface area contributed by atoms with E-state index in [1.54, 1.807) is 0 Å². The molecule has 2 nitrogen and oxygen atoms in total. The van der Waals surface area contributed by atoms with E-state index in [4.69, 9.17) is 0 Å². The molecular weight excluding hydrogens is 254 g/mol. The van der Waals surface area contributed by atoms with Gasteiger partial charge in [-0.15, -0.1) is 0 Å². The summed E-state index contributed by atoms with van der Waals surface area (Å²) in [6.45, 7) is 4.37. The van der Waals surface area contributed by atoms with Crippen LogP contribution in [0.25, 0.3) is 0 Å². The molecule has 1 atom stereocenters. The third-order valence-electron chi connectivity index (χ3n) is 2.88. The van der Waals surface area contributed by atoms with E-state index >= 15 is 0 Å². The fraction of sp³-hybridized carbons (Fsp3) is 0.417. The Bertz CT molecular complexity index is 378. The predicted molar refractivity (Wildman–Crippen MR) is 65.5 cm³/mol. The number of hydrogen-bond acceptors (Lipinski definition) is 2. The molecule has 1 aliphatic rings. The largest absolute Gasteiger partial charge is 0.371 e. The van der Waals surface area contributed by atoms with Crippen molar-refractivity contribution in [3.05, 3.63) is 28.2 Å². The van der Waals surface area contributed by atoms with Gasteiger partial charge in [0.25, 0.3) is 0 Å². The molecule has 0 radical (unpaired) electrons. The van der Waals surface area contributed by atoms with Crippen molar-refractivity contribution >= 4 is 27.9 Å². The summed E-state index contributed by atoms with van der Waals surface area (Å²) in [4.78, 5) is 13.3. The number of carbonyl (C=O) groups is 1. The summed E-state index contributed by atoms with van der Waals surface area (Å²) in [5.74, 6) is 0.730. The standard InChI is InChI=1S/C12H14BrNO/c1-9-4-5-14(7-9)12-3-2-11(13)6-10(12)8-15/h2-3,6,8-9H,4-5,7H2,1H3. The second kappa shape index (κ2) is 4.35. The van der Waals surface area contributed by atoms with Crippen LogP contribution >= 0.6 is 15.9 Å². The lowest BCUT2D eigenvalue weighted by Crippen LogP contribution is -2.20. The smallest absolute Gasteiger partial charge is 0.152 e. The van der Waals surface area contributed by atoms with E-state index in [0.29, 0.717) is 0 Å². The van der Waals surface area contributed by atoms with Gasteiger partial charge in [-0.1, -0.05) is 22.9 Å². The summed E-state index contributed by atoms with van der Waals surface area (Å²) in [6.07, 6.45) is 2.15. The Balaban J connectivity index is 2.31.